The Bertz CT molecular complexity index is 726. The van der Waals surface area contributed by atoms with Gasteiger partial charge in [-0.2, -0.15) is 5.10 Å². The lowest BCUT2D eigenvalue weighted by atomic mass is 10.3. The molecule has 104 valence electrons. The SMILES string of the molecule is Cc1[nH]c(=O)sc1S(=O)(=O)NCCc1ccnn1C. The van der Waals surface area contributed by atoms with Crippen LogP contribution in [-0.2, 0) is 23.5 Å². The first-order valence-corrected chi connectivity index (χ1v) is 7.86. The predicted octanol–water partition coefficient (Wildman–Crippen LogP) is -0.000680. The number of thiazole rings is 1. The minimum Gasteiger partial charge on any atom is -0.315 e. The van der Waals surface area contributed by atoms with Crippen molar-refractivity contribution >= 4 is 21.4 Å². The molecule has 2 N–H and O–H groups in total. The van der Waals surface area contributed by atoms with Crippen LogP contribution in [0.25, 0.3) is 0 Å². The van der Waals surface area contributed by atoms with Crippen LogP contribution in [0.4, 0.5) is 0 Å². The van der Waals surface area contributed by atoms with E-state index in [2.05, 4.69) is 14.8 Å². The van der Waals surface area contributed by atoms with Gasteiger partial charge in [0.25, 0.3) is 10.0 Å². The molecule has 0 aliphatic carbocycles. The predicted molar refractivity (Wildman–Crippen MR) is 71.8 cm³/mol. The summed E-state index contributed by atoms with van der Waals surface area (Å²) in [5.41, 5.74) is 1.30. The summed E-state index contributed by atoms with van der Waals surface area (Å²) in [6.45, 7) is 1.82. The Balaban J connectivity index is 2.05. The van der Waals surface area contributed by atoms with Crippen LogP contribution in [-0.4, -0.2) is 29.7 Å². The van der Waals surface area contributed by atoms with E-state index >= 15 is 0 Å². The van der Waals surface area contributed by atoms with Crippen molar-refractivity contribution in [1.29, 1.82) is 0 Å². The number of nitrogens with one attached hydrogen (secondary N) is 2. The largest absolute Gasteiger partial charge is 0.315 e. The normalized spacial score (nSPS) is 11.9. The molecule has 2 aromatic rings. The average Bonchev–Trinajstić information content (AvgIpc) is 2.86. The molecule has 2 heterocycles. The highest BCUT2D eigenvalue weighted by atomic mass is 32.2. The molecular formula is C10H14N4O3S2. The van der Waals surface area contributed by atoms with Crippen LogP contribution >= 0.6 is 11.3 Å². The zero-order chi connectivity index (χ0) is 14.0. The maximum absolute atomic E-state index is 12.0. The molecule has 0 amide bonds. The molecule has 2 aromatic heterocycles. The van der Waals surface area contributed by atoms with Gasteiger partial charge in [0.05, 0.1) is 0 Å². The van der Waals surface area contributed by atoms with Crippen molar-refractivity contribution < 1.29 is 8.42 Å². The minimum absolute atomic E-state index is 0.0440. The fraction of sp³-hybridized carbons (Fsp3) is 0.400. The van der Waals surface area contributed by atoms with Crippen molar-refractivity contribution in [3.05, 3.63) is 33.3 Å². The van der Waals surface area contributed by atoms with E-state index < -0.39 is 10.0 Å². The van der Waals surface area contributed by atoms with Crippen LogP contribution in [0, 0.1) is 6.92 Å². The monoisotopic (exact) mass is 302 g/mol. The third kappa shape index (κ3) is 3.11. The molecule has 0 aliphatic rings. The number of aromatic nitrogens is 3. The number of hydrogen-bond acceptors (Lipinski definition) is 5. The fourth-order valence-electron chi connectivity index (χ4n) is 1.67. The second-order valence-electron chi connectivity index (χ2n) is 4.02. The van der Waals surface area contributed by atoms with E-state index in [-0.39, 0.29) is 15.6 Å². The maximum Gasteiger partial charge on any atom is 0.305 e. The van der Waals surface area contributed by atoms with Crippen LogP contribution in [0.2, 0.25) is 0 Å². The van der Waals surface area contributed by atoms with Gasteiger partial charge in [0.2, 0.25) is 0 Å². The molecule has 19 heavy (non-hydrogen) atoms. The Morgan fingerprint density at radius 2 is 2.26 bits per heavy atom. The minimum atomic E-state index is -3.63. The summed E-state index contributed by atoms with van der Waals surface area (Å²) in [5, 5.41) is 4.00. The van der Waals surface area contributed by atoms with Gasteiger partial charge in [-0.15, -0.1) is 0 Å². The zero-order valence-corrected chi connectivity index (χ0v) is 12.1. The second kappa shape index (κ2) is 5.27. The van der Waals surface area contributed by atoms with Crippen LogP contribution in [0.1, 0.15) is 11.4 Å². The summed E-state index contributed by atoms with van der Waals surface area (Å²) in [7, 11) is -1.83. The molecular weight excluding hydrogens is 288 g/mol. The molecule has 0 radical (unpaired) electrons. The number of H-pyrrole nitrogens is 1. The van der Waals surface area contributed by atoms with E-state index in [4.69, 9.17) is 0 Å². The van der Waals surface area contributed by atoms with Crippen molar-refractivity contribution in [3.63, 3.8) is 0 Å². The summed E-state index contributed by atoms with van der Waals surface area (Å²) >= 11 is 0.693. The van der Waals surface area contributed by atoms with Crippen molar-refractivity contribution in [3.8, 4) is 0 Å². The van der Waals surface area contributed by atoms with Crippen molar-refractivity contribution in [2.75, 3.05) is 6.54 Å². The second-order valence-corrected chi connectivity index (χ2v) is 6.97. The van der Waals surface area contributed by atoms with Gasteiger partial charge in [0, 0.05) is 37.6 Å². The molecule has 2 rings (SSSR count). The first-order chi connectivity index (χ1) is 8.90. The quantitative estimate of drug-likeness (QED) is 0.812. The Labute approximate surface area is 114 Å². The average molecular weight is 302 g/mol. The topological polar surface area (TPSA) is 96.8 Å². The highest BCUT2D eigenvalue weighted by Gasteiger charge is 2.19. The fourth-order valence-corrected chi connectivity index (χ4v) is 4.05. The molecule has 0 bridgehead atoms. The first kappa shape index (κ1) is 14.0. The highest BCUT2D eigenvalue weighted by Crippen LogP contribution is 2.15. The lowest BCUT2D eigenvalue weighted by molar-refractivity contribution is 0.581. The molecule has 0 fully saturated rings. The van der Waals surface area contributed by atoms with Gasteiger partial charge in [-0.25, -0.2) is 13.1 Å². The maximum atomic E-state index is 12.0. The summed E-state index contributed by atoms with van der Waals surface area (Å²) in [6, 6.07) is 1.83. The smallest absolute Gasteiger partial charge is 0.305 e. The third-order valence-corrected chi connectivity index (χ3v) is 5.69. The van der Waals surface area contributed by atoms with Gasteiger partial charge in [-0.05, 0) is 13.0 Å². The van der Waals surface area contributed by atoms with Gasteiger partial charge in [0.15, 0.2) is 4.21 Å². The van der Waals surface area contributed by atoms with E-state index in [0.29, 0.717) is 23.5 Å². The Kier molecular flexibility index (Phi) is 3.88. The lowest BCUT2D eigenvalue weighted by Crippen LogP contribution is -2.26. The number of sulfonamides is 1. The number of hydrogen-bond donors (Lipinski definition) is 2. The van der Waals surface area contributed by atoms with Crippen LogP contribution < -0.4 is 9.60 Å². The lowest BCUT2D eigenvalue weighted by Gasteiger charge is -2.05. The highest BCUT2D eigenvalue weighted by molar-refractivity contribution is 7.91. The number of rotatable bonds is 5. The van der Waals surface area contributed by atoms with Crippen molar-refractivity contribution in [2.24, 2.45) is 7.05 Å². The van der Waals surface area contributed by atoms with E-state index in [1.807, 2.05) is 6.07 Å². The molecule has 0 spiro atoms. The molecule has 0 aromatic carbocycles. The number of nitrogens with zero attached hydrogens (tertiary/aromatic N) is 2. The third-order valence-electron chi connectivity index (χ3n) is 2.62. The van der Waals surface area contributed by atoms with E-state index in [1.54, 1.807) is 24.9 Å². The first-order valence-electron chi connectivity index (χ1n) is 5.56. The number of aromatic amines is 1. The van der Waals surface area contributed by atoms with Crippen LogP contribution in [0.5, 0.6) is 0 Å². The van der Waals surface area contributed by atoms with Crippen molar-refractivity contribution in [2.45, 2.75) is 17.6 Å². The Morgan fingerprint density at radius 3 is 2.79 bits per heavy atom. The van der Waals surface area contributed by atoms with E-state index in [9.17, 15) is 13.2 Å². The summed E-state index contributed by atoms with van der Waals surface area (Å²) in [5.74, 6) is 0. The zero-order valence-electron chi connectivity index (χ0n) is 10.5. The number of aryl methyl sites for hydroxylation is 2. The molecule has 0 atom stereocenters. The Morgan fingerprint density at radius 1 is 1.53 bits per heavy atom. The van der Waals surface area contributed by atoms with Gasteiger partial charge in [0.1, 0.15) is 0 Å². The summed E-state index contributed by atoms with van der Waals surface area (Å²) in [4.78, 5) is 13.2. The van der Waals surface area contributed by atoms with Gasteiger partial charge in [-0.1, -0.05) is 11.3 Å². The van der Waals surface area contributed by atoms with Gasteiger partial charge >= 0.3 is 4.87 Å². The standard InChI is InChI=1S/C10H14N4O3S2/c1-7-9(18-10(15)13-7)19(16,17)12-6-4-8-3-5-11-14(8)2/h3,5,12H,4,6H2,1-2H3,(H,13,15). The summed E-state index contributed by atoms with van der Waals surface area (Å²) < 4.78 is 28.2. The molecule has 7 nitrogen and oxygen atoms in total. The van der Waals surface area contributed by atoms with Crippen LogP contribution in [0.3, 0.4) is 0 Å². The van der Waals surface area contributed by atoms with Crippen LogP contribution in [0.15, 0.2) is 21.3 Å². The molecule has 0 saturated carbocycles. The Hall–Kier alpha value is -1.45. The molecule has 0 unspecified atom stereocenters. The van der Waals surface area contributed by atoms with Crippen molar-refractivity contribution in [1.82, 2.24) is 19.5 Å². The van der Waals surface area contributed by atoms with Gasteiger partial charge < -0.3 is 4.98 Å². The molecule has 0 saturated heterocycles. The van der Waals surface area contributed by atoms with E-state index in [1.165, 1.54) is 0 Å². The molecule has 0 aliphatic heterocycles. The molecule has 9 heteroatoms. The van der Waals surface area contributed by atoms with Gasteiger partial charge in [-0.3, -0.25) is 9.48 Å². The van der Waals surface area contributed by atoms with E-state index in [0.717, 1.165) is 5.69 Å². The summed E-state index contributed by atoms with van der Waals surface area (Å²) in [6.07, 6.45) is 2.19.